The van der Waals surface area contributed by atoms with Crippen LogP contribution >= 0.6 is 0 Å². The van der Waals surface area contributed by atoms with Crippen molar-refractivity contribution in [2.24, 2.45) is 5.73 Å². The van der Waals surface area contributed by atoms with E-state index in [0.29, 0.717) is 11.4 Å². The maximum absolute atomic E-state index is 11.5. The van der Waals surface area contributed by atoms with Crippen molar-refractivity contribution in [3.8, 4) is 17.0 Å². The second-order valence-electron chi connectivity index (χ2n) is 5.33. The zero-order chi connectivity index (χ0) is 14.7. The van der Waals surface area contributed by atoms with Crippen LogP contribution in [0.4, 0.5) is 0 Å². The lowest BCUT2D eigenvalue weighted by Crippen LogP contribution is -2.15. The van der Waals surface area contributed by atoms with Crippen molar-refractivity contribution in [1.82, 2.24) is 4.98 Å². The molecule has 0 aliphatic heterocycles. The fourth-order valence-electron chi connectivity index (χ4n) is 2.66. The van der Waals surface area contributed by atoms with E-state index in [4.69, 9.17) is 10.5 Å². The van der Waals surface area contributed by atoms with E-state index in [9.17, 15) is 4.79 Å². The van der Waals surface area contributed by atoms with Crippen molar-refractivity contribution < 1.29 is 9.53 Å². The fraction of sp³-hybridized carbons (Fsp3) is 0.294. The molecule has 0 atom stereocenters. The minimum Gasteiger partial charge on any atom is -0.490 e. The number of carbonyl (C=O) groups excluding carboxylic acids is 1. The van der Waals surface area contributed by atoms with Crippen molar-refractivity contribution in [3.05, 3.63) is 48.2 Å². The highest BCUT2D eigenvalue weighted by atomic mass is 16.5. The predicted molar refractivity (Wildman–Crippen MR) is 81.1 cm³/mol. The van der Waals surface area contributed by atoms with Crippen LogP contribution in [-0.2, 0) is 0 Å². The van der Waals surface area contributed by atoms with Gasteiger partial charge in [0.25, 0.3) is 5.91 Å². The first-order chi connectivity index (χ1) is 10.2. The van der Waals surface area contributed by atoms with Crippen LogP contribution in [0.5, 0.6) is 5.75 Å². The lowest BCUT2D eigenvalue weighted by molar-refractivity contribution is 0.0994. The molecule has 2 N–H and O–H groups in total. The van der Waals surface area contributed by atoms with E-state index in [-0.39, 0.29) is 11.8 Å². The molecule has 21 heavy (non-hydrogen) atoms. The number of nitrogens with zero attached hydrogens (tertiary/aromatic N) is 1. The number of rotatable bonds is 4. The number of primary amides is 1. The number of hydrogen-bond donors (Lipinski definition) is 1. The zero-order valence-corrected chi connectivity index (χ0v) is 11.8. The number of nitrogens with two attached hydrogens (primary N) is 1. The summed E-state index contributed by atoms with van der Waals surface area (Å²) < 4.78 is 5.98. The maximum atomic E-state index is 11.5. The molecule has 4 heteroatoms. The van der Waals surface area contributed by atoms with Crippen molar-refractivity contribution in [1.29, 1.82) is 0 Å². The summed E-state index contributed by atoms with van der Waals surface area (Å²) in [7, 11) is 0. The van der Waals surface area contributed by atoms with Gasteiger partial charge in [0, 0.05) is 17.7 Å². The molecule has 0 unspecified atom stereocenters. The number of aromatic nitrogens is 1. The van der Waals surface area contributed by atoms with Crippen LogP contribution in [0.3, 0.4) is 0 Å². The van der Waals surface area contributed by atoms with Crippen LogP contribution < -0.4 is 10.5 Å². The van der Waals surface area contributed by atoms with Gasteiger partial charge in [-0.25, -0.2) is 4.98 Å². The smallest absolute Gasteiger partial charge is 0.267 e. The highest BCUT2D eigenvalue weighted by Crippen LogP contribution is 2.27. The summed E-state index contributed by atoms with van der Waals surface area (Å²) in [5, 5.41) is 0. The molecule has 1 aromatic heterocycles. The summed E-state index contributed by atoms with van der Waals surface area (Å²) in [5.74, 6) is 0.133. The van der Waals surface area contributed by atoms with Crippen LogP contribution in [0.15, 0.2) is 42.5 Å². The van der Waals surface area contributed by atoms with Crippen LogP contribution in [0.25, 0.3) is 11.3 Å². The standard InChI is InChI=1S/C17H18N2O2/c18-17(20)16-11-14(21-13-8-4-5-9-13)10-15(19-16)12-6-2-1-3-7-12/h1-3,6-7,10-11,13H,4-5,8-9H2,(H2,18,20). The number of hydrogen-bond acceptors (Lipinski definition) is 3. The molecule has 1 heterocycles. The van der Waals surface area contributed by atoms with Gasteiger partial charge in [-0.15, -0.1) is 0 Å². The Morgan fingerprint density at radius 3 is 2.52 bits per heavy atom. The molecular weight excluding hydrogens is 264 g/mol. The Balaban J connectivity index is 1.95. The summed E-state index contributed by atoms with van der Waals surface area (Å²) in [6, 6.07) is 13.2. The summed E-state index contributed by atoms with van der Waals surface area (Å²) >= 11 is 0. The molecule has 1 aliphatic rings. The van der Waals surface area contributed by atoms with E-state index >= 15 is 0 Å². The topological polar surface area (TPSA) is 65.2 Å². The first-order valence-corrected chi connectivity index (χ1v) is 7.26. The third-order valence-corrected chi connectivity index (χ3v) is 3.73. The largest absolute Gasteiger partial charge is 0.490 e. The number of pyridine rings is 1. The molecule has 1 aromatic carbocycles. The monoisotopic (exact) mass is 282 g/mol. The predicted octanol–water partition coefficient (Wildman–Crippen LogP) is 3.17. The minimum atomic E-state index is -0.538. The summed E-state index contributed by atoms with van der Waals surface area (Å²) in [5.41, 5.74) is 7.27. The molecule has 2 aromatic rings. The highest BCUT2D eigenvalue weighted by molar-refractivity contribution is 5.91. The van der Waals surface area contributed by atoms with Gasteiger partial charge in [0.05, 0.1) is 11.8 Å². The van der Waals surface area contributed by atoms with Crippen LogP contribution in [0.1, 0.15) is 36.2 Å². The Bertz CT molecular complexity index is 634. The maximum Gasteiger partial charge on any atom is 0.267 e. The lowest BCUT2D eigenvalue weighted by Gasteiger charge is -2.14. The van der Waals surface area contributed by atoms with Gasteiger partial charge in [-0.1, -0.05) is 30.3 Å². The quantitative estimate of drug-likeness (QED) is 0.936. The average Bonchev–Trinajstić information content (AvgIpc) is 3.01. The van der Waals surface area contributed by atoms with Crippen molar-refractivity contribution in [2.75, 3.05) is 0 Å². The Labute approximate surface area is 124 Å². The Morgan fingerprint density at radius 2 is 1.86 bits per heavy atom. The summed E-state index contributed by atoms with van der Waals surface area (Å²) in [4.78, 5) is 15.8. The summed E-state index contributed by atoms with van der Waals surface area (Å²) in [6.07, 6.45) is 4.76. The van der Waals surface area contributed by atoms with E-state index in [2.05, 4.69) is 4.98 Å². The first-order valence-electron chi connectivity index (χ1n) is 7.26. The van der Waals surface area contributed by atoms with Gasteiger partial charge in [-0.05, 0) is 25.7 Å². The van der Waals surface area contributed by atoms with E-state index in [1.165, 1.54) is 12.8 Å². The first kappa shape index (κ1) is 13.6. The van der Waals surface area contributed by atoms with Gasteiger partial charge in [0.15, 0.2) is 0 Å². The molecule has 3 rings (SSSR count). The number of amides is 1. The van der Waals surface area contributed by atoms with Gasteiger partial charge in [-0.2, -0.15) is 0 Å². The summed E-state index contributed by atoms with van der Waals surface area (Å²) in [6.45, 7) is 0. The molecule has 1 amide bonds. The Kier molecular flexibility index (Phi) is 3.86. The SMILES string of the molecule is NC(=O)c1cc(OC2CCCC2)cc(-c2ccccc2)n1. The molecular formula is C17H18N2O2. The van der Waals surface area contributed by atoms with Gasteiger partial charge in [-0.3, -0.25) is 4.79 Å². The third kappa shape index (κ3) is 3.21. The third-order valence-electron chi connectivity index (χ3n) is 3.73. The average molecular weight is 282 g/mol. The second kappa shape index (κ2) is 5.95. The fourth-order valence-corrected chi connectivity index (χ4v) is 2.66. The molecule has 0 bridgehead atoms. The normalized spacial score (nSPS) is 15.0. The van der Waals surface area contributed by atoms with Gasteiger partial charge in [0.2, 0.25) is 0 Å². The molecule has 1 aliphatic carbocycles. The highest BCUT2D eigenvalue weighted by Gasteiger charge is 2.18. The number of ether oxygens (including phenoxy) is 1. The van der Waals surface area contributed by atoms with Gasteiger partial charge < -0.3 is 10.5 Å². The van der Waals surface area contributed by atoms with E-state index in [1.807, 2.05) is 36.4 Å². The van der Waals surface area contributed by atoms with Gasteiger partial charge in [0.1, 0.15) is 11.4 Å². The van der Waals surface area contributed by atoms with Crippen LogP contribution in [0, 0.1) is 0 Å². The zero-order valence-electron chi connectivity index (χ0n) is 11.8. The van der Waals surface area contributed by atoms with E-state index < -0.39 is 5.91 Å². The molecule has 0 spiro atoms. The molecule has 0 radical (unpaired) electrons. The van der Waals surface area contributed by atoms with Crippen molar-refractivity contribution >= 4 is 5.91 Å². The minimum absolute atomic E-state index is 0.233. The lowest BCUT2D eigenvalue weighted by atomic mass is 10.1. The molecule has 0 saturated heterocycles. The molecule has 108 valence electrons. The molecule has 1 fully saturated rings. The molecule has 1 saturated carbocycles. The van der Waals surface area contributed by atoms with Gasteiger partial charge >= 0.3 is 0 Å². The Hall–Kier alpha value is -2.36. The van der Waals surface area contributed by atoms with Crippen LogP contribution in [0.2, 0.25) is 0 Å². The number of benzene rings is 1. The van der Waals surface area contributed by atoms with Crippen LogP contribution in [-0.4, -0.2) is 17.0 Å². The molecule has 4 nitrogen and oxygen atoms in total. The Morgan fingerprint density at radius 1 is 1.14 bits per heavy atom. The number of carbonyl (C=O) groups is 1. The van der Waals surface area contributed by atoms with Crippen molar-refractivity contribution in [3.63, 3.8) is 0 Å². The van der Waals surface area contributed by atoms with E-state index in [1.54, 1.807) is 6.07 Å². The second-order valence-corrected chi connectivity index (χ2v) is 5.33. The van der Waals surface area contributed by atoms with E-state index in [0.717, 1.165) is 18.4 Å². The van der Waals surface area contributed by atoms with Crippen molar-refractivity contribution in [2.45, 2.75) is 31.8 Å².